The van der Waals surface area contributed by atoms with Gasteiger partial charge in [-0.3, -0.25) is 4.79 Å². The number of carbonyl (C=O) groups is 2. The minimum absolute atomic E-state index is 0.144. The third-order valence-corrected chi connectivity index (χ3v) is 4.68. The smallest absolute Gasteiger partial charge is 0.337 e. The van der Waals surface area contributed by atoms with Gasteiger partial charge in [-0.15, -0.1) is 0 Å². The summed E-state index contributed by atoms with van der Waals surface area (Å²) in [5.74, 6) is 0.237. The number of anilines is 1. The van der Waals surface area contributed by atoms with Crippen molar-refractivity contribution >= 4 is 35.2 Å². The van der Waals surface area contributed by atoms with Gasteiger partial charge in [0, 0.05) is 17.3 Å². The molecule has 0 saturated carbocycles. The Balaban J connectivity index is 1.80. The van der Waals surface area contributed by atoms with E-state index in [1.807, 2.05) is 13.0 Å². The number of amides is 1. The number of hydrogen-bond acceptors (Lipinski definition) is 6. The average molecular weight is 451 g/mol. The molecule has 0 unspecified atom stereocenters. The minimum atomic E-state index is -0.583. The van der Waals surface area contributed by atoms with Crippen LogP contribution in [0.3, 0.4) is 0 Å². The summed E-state index contributed by atoms with van der Waals surface area (Å²) in [5, 5.41) is 12.5. The van der Waals surface area contributed by atoms with Crippen LogP contribution in [0.15, 0.2) is 64.6 Å². The number of nitrogens with zero attached hydrogens (tertiary/aromatic N) is 1. The molecule has 162 valence electrons. The van der Waals surface area contributed by atoms with Gasteiger partial charge >= 0.3 is 5.97 Å². The quantitative estimate of drug-likeness (QED) is 0.296. The zero-order valence-electron chi connectivity index (χ0n) is 17.3. The van der Waals surface area contributed by atoms with Crippen LogP contribution in [-0.2, 0) is 9.53 Å². The molecule has 8 heteroatoms. The summed E-state index contributed by atoms with van der Waals surface area (Å²) < 4.78 is 15.8. The van der Waals surface area contributed by atoms with E-state index in [0.29, 0.717) is 40.0 Å². The van der Waals surface area contributed by atoms with Crippen LogP contribution in [0.2, 0.25) is 5.02 Å². The lowest BCUT2D eigenvalue weighted by Gasteiger charge is -2.06. The third kappa shape index (κ3) is 5.36. The largest absolute Gasteiger partial charge is 0.494 e. The van der Waals surface area contributed by atoms with Gasteiger partial charge in [-0.05, 0) is 61.5 Å². The predicted octanol–water partition coefficient (Wildman–Crippen LogP) is 5.33. The molecule has 2 aromatic carbocycles. The molecule has 1 N–H and O–H groups in total. The molecule has 3 aromatic rings. The summed E-state index contributed by atoms with van der Waals surface area (Å²) in [6, 6.07) is 16.6. The van der Waals surface area contributed by atoms with E-state index in [4.69, 9.17) is 25.5 Å². The number of carbonyl (C=O) groups excluding carboxylic acids is 2. The number of rotatable bonds is 7. The SMILES string of the molecule is CCOc1ccc(NC(=O)/C(C#N)=C\c2ccc(-c3cc(C(=O)OC)ccc3Cl)o2)cc1. The highest BCUT2D eigenvalue weighted by atomic mass is 35.5. The summed E-state index contributed by atoms with van der Waals surface area (Å²) in [4.78, 5) is 24.3. The lowest BCUT2D eigenvalue weighted by molar-refractivity contribution is -0.112. The van der Waals surface area contributed by atoms with E-state index < -0.39 is 11.9 Å². The van der Waals surface area contributed by atoms with E-state index in [9.17, 15) is 14.9 Å². The molecule has 0 saturated heterocycles. The molecule has 3 rings (SSSR count). The fourth-order valence-electron chi connectivity index (χ4n) is 2.82. The van der Waals surface area contributed by atoms with E-state index in [1.54, 1.807) is 54.6 Å². The molecule has 0 bridgehead atoms. The molecule has 32 heavy (non-hydrogen) atoms. The van der Waals surface area contributed by atoms with Crippen LogP contribution in [-0.4, -0.2) is 25.6 Å². The number of esters is 1. The second kappa shape index (κ2) is 10.3. The van der Waals surface area contributed by atoms with Gasteiger partial charge in [0.15, 0.2) is 0 Å². The van der Waals surface area contributed by atoms with Crippen molar-refractivity contribution in [3.8, 4) is 23.1 Å². The van der Waals surface area contributed by atoms with Gasteiger partial charge in [-0.1, -0.05) is 11.6 Å². The Morgan fingerprint density at radius 3 is 2.56 bits per heavy atom. The van der Waals surface area contributed by atoms with Gasteiger partial charge in [0.05, 0.1) is 24.3 Å². The zero-order chi connectivity index (χ0) is 23.1. The maximum absolute atomic E-state index is 12.5. The van der Waals surface area contributed by atoms with Crippen LogP contribution in [0.5, 0.6) is 5.75 Å². The summed E-state index contributed by atoms with van der Waals surface area (Å²) >= 11 is 6.24. The second-order valence-electron chi connectivity index (χ2n) is 6.47. The second-order valence-corrected chi connectivity index (χ2v) is 6.88. The number of methoxy groups -OCH3 is 1. The van der Waals surface area contributed by atoms with Gasteiger partial charge in [0.25, 0.3) is 5.91 Å². The Bertz CT molecular complexity index is 1210. The van der Waals surface area contributed by atoms with E-state index in [-0.39, 0.29) is 11.3 Å². The van der Waals surface area contributed by atoms with Crippen molar-refractivity contribution < 1.29 is 23.5 Å². The number of ether oxygens (including phenoxy) is 2. The molecule has 1 aromatic heterocycles. The highest BCUT2D eigenvalue weighted by Crippen LogP contribution is 2.31. The van der Waals surface area contributed by atoms with Gasteiger partial charge in [0.1, 0.15) is 28.9 Å². The standard InChI is InChI=1S/C24H19ClN2O5/c1-3-31-18-7-5-17(6-8-18)27-23(28)16(14-26)12-19-9-11-22(32-19)20-13-15(24(29)30-2)4-10-21(20)25/h4-13H,3H2,1-2H3,(H,27,28)/b16-12-. The van der Waals surface area contributed by atoms with Crippen LogP contribution < -0.4 is 10.1 Å². The summed E-state index contributed by atoms with van der Waals surface area (Å²) in [6.07, 6.45) is 1.32. The van der Waals surface area contributed by atoms with Crippen molar-refractivity contribution in [3.05, 3.63) is 76.5 Å². The van der Waals surface area contributed by atoms with Crippen molar-refractivity contribution in [2.24, 2.45) is 0 Å². The first-order valence-corrected chi connectivity index (χ1v) is 9.97. The zero-order valence-corrected chi connectivity index (χ0v) is 18.1. The Morgan fingerprint density at radius 1 is 1.16 bits per heavy atom. The van der Waals surface area contributed by atoms with Crippen molar-refractivity contribution in [1.29, 1.82) is 5.26 Å². The van der Waals surface area contributed by atoms with E-state index in [2.05, 4.69) is 5.32 Å². The molecule has 0 aliphatic rings. The fraction of sp³-hybridized carbons (Fsp3) is 0.125. The molecule has 0 radical (unpaired) electrons. The van der Waals surface area contributed by atoms with Gasteiger partial charge < -0.3 is 19.2 Å². The summed E-state index contributed by atoms with van der Waals surface area (Å²) in [6.45, 7) is 2.42. The monoisotopic (exact) mass is 450 g/mol. The summed E-state index contributed by atoms with van der Waals surface area (Å²) in [7, 11) is 1.29. The Morgan fingerprint density at radius 2 is 1.91 bits per heavy atom. The van der Waals surface area contributed by atoms with E-state index in [0.717, 1.165) is 0 Å². The highest BCUT2D eigenvalue weighted by molar-refractivity contribution is 6.33. The minimum Gasteiger partial charge on any atom is -0.494 e. The Kier molecular flexibility index (Phi) is 7.32. The molecule has 1 amide bonds. The molecule has 7 nitrogen and oxygen atoms in total. The van der Waals surface area contributed by atoms with Gasteiger partial charge in [0.2, 0.25) is 0 Å². The molecular formula is C24H19ClN2O5. The van der Waals surface area contributed by atoms with Crippen LogP contribution in [0, 0.1) is 11.3 Å². The van der Waals surface area contributed by atoms with E-state index in [1.165, 1.54) is 13.2 Å². The third-order valence-electron chi connectivity index (χ3n) is 4.35. The average Bonchev–Trinajstić information content (AvgIpc) is 3.27. The van der Waals surface area contributed by atoms with E-state index >= 15 is 0 Å². The molecular weight excluding hydrogens is 432 g/mol. The lowest BCUT2D eigenvalue weighted by Crippen LogP contribution is -2.13. The van der Waals surface area contributed by atoms with Crippen LogP contribution in [0.25, 0.3) is 17.4 Å². The molecule has 0 fully saturated rings. The predicted molar refractivity (Wildman–Crippen MR) is 120 cm³/mol. The van der Waals surface area contributed by atoms with Crippen molar-refractivity contribution in [2.45, 2.75) is 6.92 Å². The summed E-state index contributed by atoms with van der Waals surface area (Å²) in [5.41, 5.74) is 1.17. The lowest BCUT2D eigenvalue weighted by atomic mass is 10.1. The molecule has 0 aliphatic carbocycles. The van der Waals surface area contributed by atoms with Crippen LogP contribution in [0.1, 0.15) is 23.0 Å². The number of nitriles is 1. The number of benzene rings is 2. The first-order chi connectivity index (χ1) is 15.4. The number of nitrogens with one attached hydrogen (secondary N) is 1. The topological polar surface area (TPSA) is 102 Å². The van der Waals surface area contributed by atoms with Gasteiger partial charge in [-0.25, -0.2) is 4.79 Å². The first kappa shape index (κ1) is 22.7. The molecule has 1 heterocycles. The maximum atomic E-state index is 12.5. The Labute approximate surface area is 189 Å². The highest BCUT2D eigenvalue weighted by Gasteiger charge is 2.15. The van der Waals surface area contributed by atoms with Crippen molar-refractivity contribution in [3.63, 3.8) is 0 Å². The molecule has 0 atom stereocenters. The number of furan rings is 1. The van der Waals surface area contributed by atoms with Crippen LogP contribution >= 0.6 is 11.6 Å². The van der Waals surface area contributed by atoms with Crippen molar-refractivity contribution in [1.82, 2.24) is 0 Å². The number of halogens is 1. The maximum Gasteiger partial charge on any atom is 0.337 e. The van der Waals surface area contributed by atoms with Gasteiger partial charge in [-0.2, -0.15) is 5.26 Å². The fourth-order valence-corrected chi connectivity index (χ4v) is 3.04. The number of hydrogen-bond donors (Lipinski definition) is 1. The Hall–Kier alpha value is -4.02. The molecule has 0 aliphatic heterocycles. The normalized spacial score (nSPS) is 10.9. The van der Waals surface area contributed by atoms with Crippen molar-refractivity contribution in [2.75, 3.05) is 19.0 Å². The van der Waals surface area contributed by atoms with Crippen LogP contribution in [0.4, 0.5) is 5.69 Å². The first-order valence-electron chi connectivity index (χ1n) is 9.59. The molecule has 0 spiro atoms.